The standard InChI is InChI=1S/C27H29F3N6O7S/c1-17-4-6-20(7-5-17)24-16-25(27(28,29)30)31-35(24)22-8-10-23(11-9-22)44(40,41)32-26(38)21-12-14-34(15-13-21)36(39)33-43-19(3)42-18(2)37/h4-11,16,19,21H,12-15H2,1-3H3,(H,32,38)/b36-33-. The lowest BCUT2D eigenvalue weighted by molar-refractivity contribution is -0.715. The SMILES string of the molecule is CC(=O)OC(C)O/N=[N+](\[O-])N1CCC(C(=O)NS(=O)(=O)c2ccc(-n3nc(C(F)(F)F)cc3-c3ccc(C)cc3)cc2)CC1. The molecule has 17 heteroatoms. The molecule has 13 nitrogen and oxygen atoms in total. The number of hydrogen-bond acceptors (Lipinski definition) is 9. The van der Waals surface area contributed by atoms with Crippen molar-refractivity contribution in [3.63, 3.8) is 0 Å². The molecule has 2 heterocycles. The third kappa shape index (κ3) is 7.83. The number of nitrogens with zero attached hydrogens (tertiary/aromatic N) is 5. The number of aromatic nitrogens is 2. The lowest BCUT2D eigenvalue weighted by Crippen LogP contribution is -2.44. The van der Waals surface area contributed by atoms with Crippen LogP contribution in [-0.4, -0.2) is 59.4 Å². The first-order chi connectivity index (χ1) is 20.6. The molecule has 0 saturated carbocycles. The van der Waals surface area contributed by atoms with E-state index in [4.69, 9.17) is 9.57 Å². The highest BCUT2D eigenvalue weighted by Crippen LogP contribution is 2.33. The van der Waals surface area contributed by atoms with Crippen molar-refractivity contribution >= 4 is 21.9 Å². The van der Waals surface area contributed by atoms with E-state index in [-0.39, 0.29) is 47.2 Å². The average Bonchev–Trinajstić information content (AvgIpc) is 3.42. The van der Waals surface area contributed by atoms with Crippen molar-refractivity contribution in [1.82, 2.24) is 19.5 Å². The summed E-state index contributed by atoms with van der Waals surface area (Å²) < 4.78 is 74.2. The van der Waals surface area contributed by atoms with E-state index in [9.17, 15) is 36.4 Å². The summed E-state index contributed by atoms with van der Waals surface area (Å²) in [5.41, 5.74) is 0.612. The number of halogens is 3. The predicted octanol–water partition coefficient (Wildman–Crippen LogP) is 4.10. The Morgan fingerprint density at radius 3 is 2.30 bits per heavy atom. The van der Waals surface area contributed by atoms with Gasteiger partial charge in [-0.25, -0.2) is 17.8 Å². The van der Waals surface area contributed by atoms with E-state index in [0.717, 1.165) is 28.4 Å². The summed E-state index contributed by atoms with van der Waals surface area (Å²) >= 11 is 0. The molecule has 1 unspecified atom stereocenters. The van der Waals surface area contributed by atoms with E-state index < -0.39 is 46.0 Å². The number of sulfonamides is 1. The van der Waals surface area contributed by atoms with Crippen LogP contribution in [0.1, 0.15) is 37.9 Å². The first-order valence-electron chi connectivity index (χ1n) is 13.3. The van der Waals surface area contributed by atoms with Gasteiger partial charge in [-0.1, -0.05) is 29.8 Å². The van der Waals surface area contributed by atoms with Gasteiger partial charge >= 0.3 is 12.1 Å². The highest BCUT2D eigenvalue weighted by atomic mass is 32.2. The van der Waals surface area contributed by atoms with Gasteiger partial charge in [0, 0.05) is 25.3 Å². The molecule has 1 N–H and O–H groups in total. The number of ether oxygens (including phenoxy) is 1. The van der Waals surface area contributed by atoms with Gasteiger partial charge in [0.05, 0.1) is 34.3 Å². The molecule has 0 spiro atoms. The molecule has 4 rings (SSSR count). The summed E-state index contributed by atoms with van der Waals surface area (Å²) in [4.78, 5) is 28.3. The number of alkyl halides is 3. The molecule has 1 aliphatic rings. The number of benzene rings is 2. The maximum Gasteiger partial charge on any atom is 0.435 e. The summed E-state index contributed by atoms with van der Waals surface area (Å²) in [5, 5.41) is 20.4. The Hall–Kier alpha value is -4.67. The Kier molecular flexibility index (Phi) is 9.46. The number of aryl methyl sites for hydroxylation is 1. The van der Waals surface area contributed by atoms with Crippen LogP contribution in [0.5, 0.6) is 0 Å². The van der Waals surface area contributed by atoms with Crippen LogP contribution in [0.4, 0.5) is 13.2 Å². The number of piperidine rings is 1. The largest absolute Gasteiger partial charge is 0.569 e. The Balaban J connectivity index is 1.42. The van der Waals surface area contributed by atoms with Crippen LogP contribution in [0.2, 0.25) is 0 Å². The topological polar surface area (TPSA) is 158 Å². The Morgan fingerprint density at radius 1 is 1.11 bits per heavy atom. The quantitative estimate of drug-likeness (QED) is 0.120. The van der Waals surface area contributed by atoms with E-state index in [0.29, 0.717) is 5.56 Å². The van der Waals surface area contributed by atoms with Crippen molar-refractivity contribution in [1.29, 1.82) is 0 Å². The van der Waals surface area contributed by atoms with Gasteiger partial charge in [0.2, 0.25) is 11.2 Å². The first-order valence-corrected chi connectivity index (χ1v) is 14.8. The first kappa shape index (κ1) is 32.2. The predicted molar refractivity (Wildman–Crippen MR) is 147 cm³/mol. The molecule has 0 aliphatic carbocycles. The van der Waals surface area contributed by atoms with Gasteiger partial charge < -0.3 is 9.94 Å². The number of hydrazine groups is 1. The molecule has 1 aromatic heterocycles. The van der Waals surface area contributed by atoms with Crippen molar-refractivity contribution in [2.45, 2.75) is 51.0 Å². The minimum absolute atomic E-state index is 0.0677. The number of amides is 1. The molecule has 1 aliphatic heterocycles. The van der Waals surface area contributed by atoms with Crippen LogP contribution in [0, 0.1) is 18.0 Å². The number of carbonyl (C=O) groups is 2. The number of esters is 1. The van der Waals surface area contributed by atoms with E-state index in [1.165, 1.54) is 31.0 Å². The van der Waals surface area contributed by atoms with E-state index in [1.807, 2.05) is 11.6 Å². The van der Waals surface area contributed by atoms with Crippen LogP contribution >= 0.6 is 0 Å². The maximum absolute atomic E-state index is 13.5. The molecule has 1 amide bonds. The Labute approximate surface area is 250 Å². The van der Waals surface area contributed by atoms with Crippen molar-refractivity contribution in [3.05, 3.63) is 71.1 Å². The molecule has 3 aromatic rings. The van der Waals surface area contributed by atoms with E-state index >= 15 is 0 Å². The van der Waals surface area contributed by atoms with Crippen molar-refractivity contribution in [2.24, 2.45) is 11.2 Å². The van der Waals surface area contributed by atoms with Gasteiger partial charge in [0.1, 0.15) is 0 Å². The van der Waals surface area contributed by atoms with E-state index in [1.54, 1.807) is 24.3 Å². The maximum atomic E-state index is 13.5. The number of rotatable bonds is 9. The normalized spacial score (nSPS) is 15.5. The molecule has 236 valence electrons. The summed E-state index contributed by atoms with van der Waals surface area (Å²) in [6.45, 7) is 4.51. The van der Waals surface area contributed by atoms with E-state index in [2.05, 4.69) is 10.4 Å². The number of hydrogen-bond donors (Lipinski definition) is 1. The molecule has 44 heavy (non-hydrogen) atoms. The fourth-order valence-corrected chi connectivity index (χ4v) is 5.44. The van der Waals surface area contributed by atoms with Crippen LogP contribution in [0.15, 0.2) is 64.8 Å². The van der Waals surface area contributed by atoms with Crippen molar-refractivity contribution < 1.29 is 45.7 Å². The van der Waals surface area contributed by atoms with Gasteiger partial charge in [-0.15, -0.1) is 5.01 Å². The monoisotopic (exact) mass is 638 g/mol. The second kappa shape index (κ2) is 12.9. The van der Waals surface area contributed by atoms with Gasteiger partial charge in [0.15, 0.2) is 5.69 Å². The molecule has 0 radical (unpaired) electrons. The number of nitrogens with one attached hydrogen (secondary N) is 1. The highest BCUT2D eigenvalue weighted by Gasteiger charge is 2.35. The zero-order valence-corrected chi connectivity index (χ0v) is 24.6. The van der Waals surface area contributed by atoms with Crippen LogP contribution in [-0.2, 0) is 35.4 Å². The van der Waals surface area contributed by atoms with Gasteiger partial charge in [-0.05, 0) is 50.1 Å². The van der Waals surface area contributed by atoms with Gasteiger partial charge in [-0.2, -0.15) is 18.3 Å². The Bertz CT molecular complexity index is 1630. The van der Waals surface area contributed by atoms with Crippen LogP contribution in [0.3, 0.4) is 0 Å². The summed E-state index contributed by atoms with van der Waals surface area (Å²) in [5.74, 6) is -2.12. The van der Waals surface area contributed by atoms with Crippen molar-refractivity contribution in [2.75, 3.05) is 13.1 Å². The third-order valence-corrected chi connectivity index (χ3v) is 8.02. The summed E-state index contributed by atoms with van der Waals surface area (Å²) in [7, 11) is -4.33. The number of carbonyl (C=O) groups excluding carboxylic acids is 2. The minimum Gasteiger partial charge on any atom is -0.569 e. The fraction of sp³-hybridized carbons (Fsp3) is 0.370. The van der Waals surface area contributed by atoms with Gasteiger partial charge in [-0.3, -0.25) is 14.4 Å². The van der Waals surface area contributed by atoms with Gasteiger partial charge in [0.25, 0.3) is 16.3 Å². The highest BCUT2D eigenvalue weighted by molar-refractivity contribution is 7.90. The van der Waals surface area contributed by atoms with Crippen molar-refractivity contribution in [3.8, 4) is 16.9 Å². The zero-order valence-electron chi connectivity index (χ0n) is 23.8. The lowest BCUT2D eigenvalue weighted by atomic mass is 9.97. The summed E-state index contributed by atoms with van der Waals surface area (Å²) in [6.07, 6.45) is -5.52. The fourth-order valence-electron chi connectivity index (χ4n) is 4.40. The molecule has 1 saturated heterocycles. The third-order valence-electron chi connectivity index (χ3n) is 6.66. The second-order valence-electron chi connectivity index (χ2n) is 10.00. The molecule has 1 atom stereocenters. The minimum atomic E-state index is -4.70. The molecule has 0 bridgehead atoms. The lowest BCUT2D eigenvalue weighted by Gasteiger charge is -2.27. The summed E-state index contributed by atoms with van der Waals surface area (Å²) in [6, 6.07) is 12.6. The molecule has 2 aromatic carbocycles. The molecular formula is C27H29F3N6O7S. The average molecular weight is 639 g/mol. The molecular weight excluding hydrogens is 609 g/mol. The Morgan fingerprint density at radius 2 is 1.73 bits per heavy atom. The van der Waals surface area contributed by atoms with Crippen LogP contribution in [0.25, 0.3) is 16.9 Å². The van der Waals surface area contributed by atoms with Crippen LogP contribution < -0.4 is 4.72 Å². The smallest absolute Gasteiger partial charge is 0.435 e. The zero-order chi connectivity index (χ0) is 32.2. The second-order valence-corrected chi connectivity index (χ2v) is 11.7. The molecule has 1 fully saturated rings.